The Morgan fingerprint density at radius 1 is 1.21 bits per heavy atom. The Hall–Kier alpha value is -1.16. The second kappa shape index (κ2) is 6.85. The van der Waals surface area contributed by atoms with E-state index in [9.17, 15) is 0 Å². The topological polar surface area (TPSA) is 21.3 Å². The molecular formula is C16H21NOS. The summed E-state index contributed by atoms with van der Waals surface area (Å²) >= 11 is 1.87. The normalized spacial score (nSPS) is 12.6. The molecule has 0 spiro atoms. The van der Waals surface area contributed by atoms with Gasteiger partial charge < -0.3 is 10.1 Å². The maximum atomic E-state index is 5.28. The third-order valence-electron chi connectivity index (χ3n) is 3.31. The fraction of sp³-hybridized carbons (Fsp3) is 0.375. The predicted molar refractivity (Wildman–Crippen MR) is 82.6 cm³/mol. The Balaban J connectivity index is 2.32. The highest BCUT2D eigenvalue weighted by Gasteiger charge is 2.12. The number of thiophene rings is 1. The standard InChI is InChI=1S/C16H21NOS/c1-4-14(17-2)16-10-9-15(19-16)13-8-6-5-7-12(13)11-18-3/h5-10,14,17H,4,11H2,1-3H3. The van der Waals surface area contributed by atoms with E-state index >= 15 is 0 Å². The van der Waals surface area contributed by atoms with Crippen LogP contribution >= 0.6 is 11.3 Å². The molecular weight excluding hydrogens is 254 g/mol. The molecule has 0 aliphatic carbocycles. The zero-order valence-corrected chi connectivity index (χ0v) is 12.6. The zero-order valence-electron chi connectivity index (χ0n) is 11.8. The molecule has 0 radical (unpaired) electrons. The summed E-state index contributed by atoms with van der Waals surface area (Å²) in [6.45, 7) is 2.87. The summed E-state index contributed by atoms with van der Waals surface area (Å²) in [4.78, 5) is 2.71. The van der Waals surface area contributed by atoms with E-state index in [1.54, 1.807) is 7.11 Å². The first kappa shape index (κ1) is 14.3. The molecule has 1 N–H and O–H groups in total. The Kier molecular flexibility index (Phi) is 5.14. The summed E-state index contributed by atoms with van der Waals surface area (Å²) in [7, 11) is 3.76. The highest BCUT2D eigenvalue weighted by Crippen LogP contribution is 2.34. The average Bonchev–Trinajstić information content (AvgIpc) is 2.91. The Labute approximate surface area is 119 Å². The molecule has 1 unspecified atom stereocenters. The highest BCUT2D eigenvalue weighted by atomic mass is 32.1. The Morgan fingerprint density at radius 2 is 2.00 bits per heavy atom. The lowest BCUT2D eigenvalue weighted by molar-refractivity contribution is 0.185. The Morgan fingerprint density at radius 3 is 2.68 bits per heavy atom. The first-order valence-electron chi connectivity index (χ1n) is 6.64. The van der Waals surface area contributed by atoms with Crippen LogP contribution in [-0.4, -0.2) is 14.2 Å². The first-order valence-corrected chi connectivity index (χ1v) is 7.46. The lowest BCUT2D eigenvalue weighted by Crippen LogP contribution is -2.13. The van der Waals surface area contributed by atoms with Crippen molar-refractivity contribution >= 4 is 11.3 Å². The van der Waals surface area contributed by atoms with Gasteiger partial charge in [0.25, 0.3) is 0 Å². The molecule has 0 aliphatic rings. The zero-order chi connectivity index (χ0) is 13.7. The number of hydrogen-bond acceptors (Lipinski definition) is 3. The summed E-state index contributed by atoms with van der Waals surface area (Å²) in [6.07, 6.45) is 1.11. The van der Waals surface area contributed by atoms with Crippen LogP contribution in [0.25, 0.3) is 10.4 Å². The molecule has 2 nitrogen and oxygen atoms in total. The van der Waals surface area contributed by atoms with Gasteiger partial charge in [-0.2, -0.15) is 0 Å². The first-order chi connectivity index (χ1) is 9.30. The van der Waals surface area contributed by atoms with Crippen molar-refractivity contribution in [3.8, 4) is 10.4 Å². The van der Waals surface area contributed by atoms with E-state index in [1.807, 2.05) is 18.4 Å². The molecule has 1 aromatic carbocycles. The smallest absolute Gasteiger partial charge is 0.0719 e. The van der Waals surface area contributed by atoms with Crippen molar-refractivity contribution in [3.63, 3.8) is 0 Å². The summed E-state index contributed by atoms with van der Waals surface area (Å²) < 4.78 is 5.28. The number of rotatable bonds is 6. The lowest BCUT2D eigenvalue weighted by atomic mass is 10.1. The fourth-order valence-electron chi connectivity index (χ4n) is 2.27. The summed E-state index contributed by atoms with van der Waals surface area (Å²) in [5.41, 5.74) is 2.53. The summed E-state index contributed by atoms with van der Waals surface area (Å²) in [6, 6.07) is 13.4. The molecule has 0 amide bonds. The van der Waals surface area contributed by atoms with Crippen molar-refractivity contribution in [3.05, 3.63) is 46.8 Å². The van der Waals surface area contributed by atoms with Crippen LogP contribution < -0.4 is 5.32 Å². The average molecular weight is 275 g/mol. The van der Waals surface area contributed by atoms with Crippen LogP contribution in [0.5, 0.6) is 0 Å². The SMILES string of the molecule is CCC(NC)c1ccc(-c2ccccc2COC)s1. The second-order valence-corrected chi connectivity index (χ2v) is 5.66. The van der Waals surface area contributed by atoms with E-state index in [-0.39, 0.29) is 0 Å². The third kappa shape index (κ3) is 3.24. The van der Waals surface area contributed by atoms with E-state index in [2.05, 4.69) is 48.6 Å². The van der Waals surface area contributed by atoms with Gasteiger partial charge in [0.15, 0.2) is 0 Å². The monoisotopic (exact) mass is 275 g/mol. The van der Waals surface area contributed by atoms with Gasteiger partial charge in [0.2, 0.25) is 0 Å². The van der Waals surface area contributed by atoms with Gasteiger partial charge in [-0.15, -0.1) is 11.3 Å². The van der Waals surface area contributed by atoms with Crippen LogP contribution in [0.3, 0.4) is 0 Å². The van der Waals surface area contributed by atoms with E-state index in [0.717, 1.165) is 6.42 Å². The number of methoxy groups -OCH3 is 1. The minimum absolute atomic E-state index is 0.452. The second-order valence-electron chi connectivity index (χ2n) is 4.54. The molecule has 19 heavy (non-hydrogen) atoms. The molecule has 0 saturated heterocycles. The van der Waals surface area contributed by atoms with Gasteiger partial charge in [-0.1, -0.05) is 31.2 Å². The van der Waals surface area contributed by atoms with Crippen LogP contribution in [0, 0.1) is 0 Å². The van der Waals surface area contributed by atoms with Gasteiger partial charge in [-0.05, 0) is 36.7 Å². The van der Waals surface area contributed by atoms with Gasteiger partial charge in [0, 0.05) is 22.9 Å². The largest absolute Gasteiger partial charge is 0.380 e. The molecule has 2 rings (SSSR count). The molecule has 3 heteroatoms. The van der Waals surface area contributed by atoms with Crippen LogP contribution in [0.2, 0.25) is 0 Å². The van der Waals surface area contributed by atoms with E-state index < -0.39 is 0 Å². The maximum Gasteiger partial charge on any atom is 0.0719 e. The van der Waals surface area contributed by atoms with Crippen molar-refractivity contribution in [2.45, 2.75) is 26.0 Å². The van der Waals surface area contributed by atoms with Gasteiger partial charge in [-0.25, -0.2) is 0 Å². The molecule has 0 fully saturated rings. The van der Waals surface area contributed by atoms with E-state index in [0.29, 0.717) is 12.6 Å². The number of benzene rings is 1. The summed E-state index contributed by atoms with van der Waals surface area (Å²) in [5.74, 6) is 0. The van der Waals surface area contributed by atoms with Crippen LogP contribution in [0.4, 0.5) is 0 Å². The minimum Gasteiger partial charge on any atom is -0.380 e. The van der Waals surface area contributed by atoms with Crippen molar-refractivity contribution in [1.82, 2.24) is 5.32 Å². The van der Waals surface area contributed by atoms with Crippen molar-refractivity contribution in [2.24, 2.45) is 0 Å². The van der Waals surface area contributed by atoms with Crippen LogP contribution in [-0.2, 0) is 11.3 Å². The van der Waals surface area contributed by atoms with Gasteiger partial charge in [-0.3, -0.25) is 0 Å². The minimum atomic E-state index is 0.452. The molecule has 0 saturated carbocycles. The molecule has 2 aromatic rings. The predicted octanol–water partition coefficient (Wildman–Crippen LogP) is 4.23. The molecule has 1 atom stereocenters. The quantitative estimate of drug-likeness (QED) is 0.851. The fourth-order valence-corrected chi connectivity index (χ4v) is 3.54. The molecule has 1 heterocycles. The number of ether oxygens (including phenoxy) is 1. The van der Waals surface area contributed by atoms with Gasteiger partial charge in [0.05, 0.1) is 6.61 Å². The molecule has 1 aromatic heterocycles. The van der Waals surface area contributed by atoms with Crippen LogP contribution in [0.15, 0.2) is 36.4 Å². The molecule has 0 bridgehead atoms. The Bertz CT molecular complexity index is 517. The molecule has 102 valence electrons. The highest BCUT2D eigenvalue weighted by molar-refractivity contribution is 7.15. The lowest BCUT2D eigenvalue weighted by Gasteiger charge is -2.11. The van der Waals surface area contributed by atoms with E-state index in [1.165, 1.54) is 20.9 Å². The number of hydrogen-bond donors (Lipinski definition) is 1. The summed E-state index contributed by atoms with van der Waals surface area (Å²) in [5, 5.41) is 3.36. The number of nitrogens with one attached hydrogen (secondary N) is 1. The van der Waals surface area contributed by atoms with Crippen molar-refractivity contribution in [2.75, 3.05) is 14.2 Å². The van der Waals surface area contributed by atoms with Gasteiger partial charge in [0.1, 0.15) is 0 Å². The van der Waals surface area contributed by atoms with Gasteiger partial charge >= 0.3 is 0 Å². The maximum absolute atomic E-state index is 5.28. The van der Waals surface area contributed by atoms with Crippen LogP contribution in [0.1, 0.15) is 29.8 Å². The molecule has 0 aliphatic heterocycles. The third-order valence-corrected chi connectivity index (χ3v) is 4.54. The van der Waals surface area contributed by atoms with Crippen molar-refractivity contribution in [1.29, 1.82) is 0 Å². The van der Waals surface area contributed by atoms with Crippen molar-refractivity contribution < 1.29 is 4.74 Å². The van der Waals surface area contributed by atoms with E-state index in [4.69, 9.17) is 4.74 Å².